The maximum absolute atomic E-state index is 11.2. The van der Waals surface area contributed by atoms with Crippen molar-refractivity contribution in [3.05, 3.63) is 46.7 Å². The third-order valence-electron chi connectivity index (χ3n) is 3.01. The lowest BCUT2D eigenvalue weighted by molar-refractivity contribution is -0.139. The number of imidazole rings is 1. The number of carbonyl (C=O) groups is 1. The summed E-state index contributed by atoms with van der Waals surface area (Å²) in [6.45, 7) is 0. The zero-order chi connectivity index (χ0) is 14.1. The van der Waals surface area contributed by atoms with Gasteiger partial charge in [0.15, 0.2) is 5.65 Å². The highest BCUT2D eigenvalue weighted by Crippen LogP contribution is 2.27. The maximum atomic E-state index is 11.2. The number of hydrogen-bond acceptors (Lipinski definition) is 3. The predicted octanol–water partition coefficient (Wildman–Crippen LogP) is 2.81. The molecular formula is C14H12BrN3O2. The Labute approximate surface area is 123 Å². The Morgan fingerprint density at radius 1 is 1.45 bits per heavy atom. The maximum Gasteiger partial charge on any atom is 0.311 e. The highest BCUT2D eigenvalue weighted by Gasteiger charge is 2.11. The summed E-state index contributed by atoms with van der Waals surface area (Å²) in [6.07, 6.45) is 1.98. The first kappa shape index (κ1) is 12.9. The molecule has 0 fully saturated rings. The van der Waals surface area contributed by atoms with Crippen LogP contribution in [0.5, 0.6) is 0 Å². The van der Waals surface area contributed by atoms with E-state index in [1.807, 2.05) is 30.3 Å². The second-order valence-corrected chi connectivity index (χ2v) is 5.22. The van der Waals surface area contributed by atoms with Crippen molar-refractivity contribution in [2.24, 2.45) is 0 Å². The minimum Gasteiger partial charge on any atom is -0.469 e. The molecule has 0 radical (unpaired) electrons. The van der Waals surface area contributed by atoms with Gasteiger partial charge in [-0.3, -0.25) is 9.89 Å². The van der Waals surface area contributed by atoms with E-state index in [4.69, 9.17) is 0 Å². The van der Waals surface area contributed by atoms with Crippen molar-refractivity contribution in [2.45, 2.75) is 6.42 Å². The number of ether oxygens (including phenoxy) is 1. The molecule has 0 aliphatic rings. The molecule has 0 amide bonds. The van der Waals surface area contributed by atoms with Crippen molar-refractivity contribution in [2.75, 3.05) is 7.11 Å². The van der Waals surface area contributed by atoms with Crippen LogP contribution in [0.15, 0.2) is 41.0 Å². The summed E-state index contributed by atoms with van der Waals surface area (Å²) in [5.74, 6) is -0.295. The van der Waals surface area contributed by atoms with E-state index in [0.29, 0.717) is 5.69 Å². The van der Waals surface area contributed by atoms with Gasteiger partial charge in [-0.15, -0.1) is 0 Å². The number of hydrogen-bond donors (Lipinski definition) is 1. The average molecular weight is 334 g/mol. The van der Waals surface area contributed by atoms with Crippen LogP contribution in [0.4, 0.5) is 0 Å². The molecule has 5 nitrogen and oxygen atoms in total. The molecule has 102 valence electrons. The summed E-state index contributed by atoms with van der Waals surface area (Å²) in [5, 5.41) is 3.24. The van der Waals surface area contributed by atoms with Crippen LogP contribution >= 0.6 is 15.9 Å². The van der Waals surface area contributed by atoms with Gasteiger partial charge in [0.1, 0.15) is 0 Å². The molecule has 0 atom stereocenters. The van der Waals surface area contributed by atoms with Crippen molar-refractivity contribution in [1.29, 1.82) is 0 Å². The van der Waals surface area contributed by atoms with E-state index in [0.717, 1.165) is 21.4 Å². The van der Waals surface area contributed by atoms with Gasteiger partial charge < -0.3 is 4.74 Å². The van der Waals surface area contributed by atoms with Crippen LogP contribution in [-0.4, -0.2) is 27.7 Å². The summed E-state index contributed by atoms with van der Waals surface area (Å²) in [4.78, 5) is 15.6. The minimum absolute atomic E-state index is 0.177. The molecule has 1 aromatic carbocycles. The molecule has 20 heavy (non-hydrogen) atoms. The molecule has 0 saturated carbocycles. The summed E-state index contributed by atoms with van der Waals surface area (Å²) >= 11 is 3.52. The van der Waals surface area contributed by atoms with Gasteiger partial charge in [-0.1, -0.05) is 34.1 Å². The Morgan fingerprint density at radius 3 is 2.95 bits per heavy atom. The molecule has 2 heterocycles. The molecule has 0 spiro atoms. The van der Waals surface area contributed by atoms with Crippen LogP contribution in [-0.2, 0) is 16.0 Å². The third-order valence-corrected chi connectivity index (χ3v) is 3.71. The highest BCUT2D eigenvalue weighted by molar-refractivity contribution is 9.10. The quantitative estimate of drug-likeness (QED) is 0.750. The average Bonchev–Trinajstić information content (AvgIpc) is 2.97. The number of fused-ring (bicyclic) bond motifs is 1. The Hall–Kier alpha value is -2.08. The first-order chi connectivity index (χ1) is 9.67. The number of H-pyrrole nitrogens is 1. The van der Waals surface area contributed by atoms with E-state index < -0.39 is 0 Å². The number of benzene rings is 1. The van der Waals surface area contributed by atoms with Crippen LogP contribution in [0.3, 0.4) is 0 Å². The van der Waals surface area contributed by atoms with Crippen molar-refractivity contribution in [1.82, 2.24) is 14.6 Å². The lowest BCUT2D eigenvalue weighted by Gasteiger charge is -2.00. The van der Waals surface area contributed by atoms with E-state index in [9.17, 15) is 4.79 Å². The van der Waals surface area contributed by atoms with E-state index >= 15 is 0 Å². The van der Waals surface area contributed by atoms with Crippen LogP contribution in [0.1, 0.15) is 5.69 Å². The second kappa shape index (κ2) is 5.13. The van der Waals surface area contributed by atoms with Crippen molar-refractivity contribution in [3.8, 4) is 11.3 Å². The predicted molar refractivity (Wildman–Crippen MR) is 78.4 cm³/mol. The Balaban J connectivity index is 1.95. The largest absolute Gasteiger partial charge is 0.469 e. The Bertz CT molecular complexity index is 744. The standard InChI is InChI=1S/C14H12BrN3O2/c1-20-14(19)6-9-8-18-13(16-9)7-12(17-18)10-4-2-3-5-11(10)15/h2-5,7-8,17H,6H2,1H3. The van der Waals surface area contributed by atoms with Crippen molar-refractivity contribution in [3.63, 3.8) is 0 Å². The molecule has 0 saturated heterocycles. The Kier molecular flexibility index (Phi) is 3.31. The molecule has 2 aromatic heterocycles. The van der Waals surface area contributed by atoms with Crippen LogP contribution < -0.4 is 0 Å². The van der Waals surface area contributed by atoms with Gasteiger partial charge in [-0.25, -0.2) is 9.50 Å². The van der Waals surface area contributed by atoms with Crippen LogP contribution in [0.25, 0.3) is 16.9 Å². The number of carbonyl (C=O) groups excluding carboxylic acids is 1. The molecule has 0 aliphatic carbocycles. The topological polar surface area (TPSA) is 59.4 Å². The number of nitrogens with one attached hydrogen (secondary N) is 1. The van der Waals surface area contributed by atoms with Gasteiger partial charge >= 0.3 is 5.97 Å². The summed E-state index contributed by atoms with van der Waals surface area (Å²) in [7, 11) is 1.37. The van der Waals surface area contributed by atoms with Gasteiger partial charge in [0.05, 0.1) is 31.1 Å². The van der Waals surface area contributed by atoms with Crippen LogP contribution in [0, 0.1) is 0 Å². The lowest BCUT2D eigenvalue weighted by Crippen LogP contribution is -2.04. The monoisotopic (exact) mass is 333 g/mol. The summed E-state index contributed by atoms with van der Waals surface area (Å²) in [6, 6.07) is 9.90. The number of aromatic amines is 1. The van der Waals surface area contributed by atoms with Crippen molar-refractivity contribution < 1.29 is 9.53 Å². The highest BCUT2D eigenvalue weighted by atomic mass is 79.9. The first-order valence-electron chi connectivity index (χ1n) is 6.06. The van der Waals surface area contributed by atoms with Gasteiger partial charge in [-0.2, -0.15) is 0 Å². The van der Waals surface area contributed by atoms with Gasteiger partial charge in [0.2, 0.25) is 0 Å². The number of rotatable bonds is 3. The molecule has 3 aromatic rings. The zero-order valence-electron chi connectivity index (χ0n) is 10.8. The molecule has 1 N–H and O–H groups in total. The van der Waals surface area contributed by atoms with Gasteiger partial charge in [0.25, 0.3) is 0 Å². The summed E-state index contributed by atoms with van der Waals surface area (Å²) < 4.78 is 7.44. The number of esters is 1. The smallest absolute Gasteiger partial charge is 0.311 e. The fourth-order valence-corrected chi connectivity index (χ4v) is 2.55. The van der Waals surface area contributed by atoms with Crippen molar-refractivity contribution >= 4 is 27.5 Å². The number of methoxy groups -OCH3 is 1. The van der Waals surface area contributed by atoms with Gasteiger partial charge in [-0.05, 0) is 6.07 Å². The minimum atomic E-state index is -0.295. The zero-order valence-corrected chi connectivity index (χ0v) is 12.3. The number of nitrogens with zero attached hydrogens (tertiary/aromatic N) is 2. The summed E-state index contributed by atoms with van der Waals surface area (Å²) in [5.41, 5.74) is 3.48. The van der Waals surface area contributed by atoms with Crippen LogP contribution in [0.2, 0.25) is 0 Å². The molecule has 3 rings (SSSR count). The fraction of sp³-hybridized carbons (Fsp3) is 0.143. The molecule has 0 aliphatic heterocycles. The second-order valence-electron chi connectivity index (χ2n) is 4.36. The van der Waals surface area contributed by atoms with E-state index in [-0.39, 0.29) is 12.4 Å². The number of halogens is 1. The number of aromatic nitrogens is 3. The fourth-order valence-electron chi connectivity index (χ4n) is 2.05. The third kappa shape index (κ3) is 2.34. The van der Waals surface area contributed by atoms with E-state index in [1.54, 1.807) is 10.7 Å². The normalized spacial score (nSPS) is 10.9. The van der Waals surface area contributed by atoms with Gasteiger partial charge in [0, 0.05) is 16.1 Å². The molecule has 6 heteroatoms. The lowest BCUT2D eigenvalue weighted by atomic mass is 10.2. The molecular weight excluding hydrogens is 322 g/mol. The molecule has 0 bridgehead atoms. The SMILES string of the molecule is COC(=O)Cc1cn2[nH]c(-c3ccccc3Br)cc2n1. The Morgan fingerprint density at radius 2 is 2.25 bits per heavy atom. The first-order valence-corrected chi connectivity index (χ1v) is 6.85. The van der Waals surface area contributed by atoms with E-state index in [1.165, 1.54) is 7.11 Å². The van der Waals surface area contributed by atoms with E-state index in [2.05, 4.69) is 30.7 Å². The molecule has 0 unspecified atom stereocenters.